The van der Waals surface area contributed by atoms with Crippen molar-refractivity contribution in [2.24, 2.45) is 0 Å². The molecule has 1 fully saturated rings. The van der Waals surface area contributed by atoms with Crippen molar-refractivity contribution in [1.82, 2.24) is 15.1 Å². The van der Waals surface area contributed by atoms with Gasteiger partial charge in [0.25, 0.3) is 5.91 Å². The third-order valence-electron chi connectivity index (χ3n) is 6.73. The second-order valence-electron chi connectivity index (χ2n) is 8.69. The summed E-state index contributed by atoms with van der Waals surface area (Å²) in [6, 6.07) is 11.8. The van der Waals surface area contributed by atoms with Crippen LogP contribution < -0.4 is 5.32 Å². The van der Waals surface area contributed by atoms with Gasteiger partial charge in [-0.05, 0) is 49.4 Å². The molecule has 0 radical (unpaired) electrons. The first-order valence-electron chi connectivity index (χ1n) is 11.6. The second kappa shape index (κ2) is 10.6. The van der Waals surface area contributed by atoms with Crippen molar-refractivity contribution in [3.8, 4) is 0 Å². The summed E-state index contributed by atoms with van der Waals surface area (Å²) in [7, 11) is 1.63. The molecule has 3 atom stereocenters. The first-order chi connectivity index (χ1) is 15.6. The third-order valence-corrected chi connectivity index (χ3v) is 7.67. The zero-order chi connectivity index (χ0) is 22.5. The number of nitrogens with one attached hydrogen (secondary N) is 1. The van der Waals surface area contributed by atoms with E-state index < -0.39 is 5.92 Å². The minimum absolute atomic E-state index is 0.0181. The highest BCUT2D eigenvalue weighted by Crippen LogP contribution is 2.44. The third kappa shape index (κ3) is 4.75. The van der Waals surface area contributed by atoms with Crippen LogP contribution in [-0.4, -0.2) is 67.6 Å². The predicted molar refractivity (Wildman–Crippen MR) is 127 cm³/mol. The Morgan fingerprint density at radius 1 is 1.19 bits per heavy atom. The van der Waals surface area contributed by atoms with Gasteiger partial charge in [-0.3, -0.25) is 14.5 Å². The van der Waals surface area contributed by atoms with E-state index in [1.807, 2.05) is 46.7 Å². The first-order valence-corrected chi connectivity index (χ1v) is 12.4. The summed E-state index contributed by atoms with van der Waals surface area (Å²) < 4.78 is 5.29. The fraction of sp³-hybridized carbons (Fsp3) is 0.520. The normalized spacial score (nSPS) is 23.8. The number of carbonyl (C=O) groups excluding carboxylic acids is 2. The van der Waals surface area contributed by atoms with Gasteiger partial charge >= 0.3 is 0 Å². The summed E-state index contributed by atoms with van der Waals surface area (Å²) in [5.74, 6) is -0.504. The Kier molecular flexibility index (Phi) is 7.60. The first kappa shape index (κ1) is 23.0. The molecule has 3 heterocycles. The summed E-state index contributed by atoms with van der Waals surface area (Å²) in [5, 5.41) is 5.20. The van der Waals surface area contributed by atoms with E-state index in [9.17, 15) is 9.59 Å². The van der Waals surface area contributed by atoms with Crippen molar-refractivity contribution in [3.63, 3.8) is 0 Å². The van der Waals surface area contributed by atoms with Gasteiger partial charge in [0.15, 0.2) is 0 Å². The summed E-state index contributed by atoms with van der Waals surface area (Å²) in [6.45, 7) is 5.71. The number of carbonyl (C=O) groups is 2. The number of piperidine rings is 1. The molecule has 2 aromatic rings. The predicted octanol–water partition coefficient (Wildman–Crippen LogP) is 3.67. The van der Waals surface area contributed by atoms with Gasteiger partial charge in [0.05, 0.1) is 18.6 Å². The SMILES string of the molecule is COCCN1C(=O)c2ccccc2C(C(=O)NCCN2CCCCC2C)C1c1cccs1. The maximum absolute atomic E-state index is 13.6. The molecule has 2 amide bonds. The van der Waals surface area contributed by atoms with Gasteiger partial charge in [-0.25, -0.2) is 0 Å². The molecule has 2 aliphatic rings. The van der Waals surface area contributed by atoms with Crippen molar-refractivity contribution in [1.29, 1.82) is 0 Å². The molecule has 1 saturated heterocycles. The lowest BCUT2D eigenvalue weighted by molar-refractivity contribution is -0.124. The molecule has 0 spiro atoms. The Bertz CT molecular complexity index is 917. The zero-order valence-corrected chi connectivity index (χ0v) is 19.8. The number of hydrogen-bond donors (Lipinski definition) is 1. The van der Waals surface area contributed by atoms with Gasteiger partial charge in [0.2, 0.25) is 5.91 Å². The number of ether oxygens (including phenoxy) is 1. The van der Waals surface area contributed by atoms with Crippen LogP contribution in [0, 0.1) is 0 Å². The zero-order valence-electron chi connectivity index (χ0n) is 19.0. The van der Waals surface area contributed by atoms with Crippen LogP contribution in [0.4, 0.5) is 0 Å². The van der Waals surface area contributed by atoms with Crippen molar-refractivity contribution < 1.29 is 14.3 Å². The lowest BCUT2D eigenvalue weighted by atomic mass is 9.81. The molecule has 0 saturated carbocycles. The largest absolute Gasteiger partial charge is 0.383 e. The number of rotatable bonds is 8. The average Bonchev–Trinajstić information content (AvgIpc) is 3.34. The van der Waals surface area contributed by atoms with Gasteiger partial charge in [-0.2, -0.15) is 0 Å². The Morgan fingerprint density at radius 3 is 2.78 bits per heavy atom. The summed E-state index contributed by atoms with van der Waals surface area (Å²) >= 11 is 1.59. The van der Waals surface area contributed by atoms with Crippen LogP contribution in [0.15, 0.2) is 41.8 Å². The number of likely N-dealkylation sites (tertiary alicyclic amines) is 1. The van der Waals surface area contributed by atoms with E-state index in [-0.39, 0.29) is 17.9 Å². The summed E-state index contributed by atoms with van der Waals surface area (Å²) in [4.78, 5) is 32.3. The Morgan fingerprint density at radius 2 is 2.03 bits per heavy atom. The molecule has 1 aromatic carbocycles. The molecule has 6 nitrogen and oxygen atoms in total. The van der Waals surface area contributed by atoms with Gasteiger partial charge < -0.3 is 15.0 Å². The van der Waals surface area contributed by atoms with Crippen LogP contribution in [0.5, 0.6) is 0 Å². The number of benzene rings is 1. The number of amides is 2. The van der Waals surface area contributed by atoms with Gasteiger partial charge in [-0.1, -0.05) is 30.7 Å². The quantitative estimate of drug-likeness (QED) is 0.660. The minimum atomic E-state index is -0.446. The molecule has 3 unspecified atom stereocenters. The Balaban J connectivity index is 1.59. The lowest BCUT2D eigenvalue weighted by Gasteiger charge is -2.41. The van der Waals surface area contributed by atoms with E-state index >= 15 is 0 Å². The molecular formula is C25H33N3O3S. The van der Waals surface area contributed by atoms with Crippen LogP contribution in [0.3, 0.4) is 0 Å². The average molecular weight is 456 g/mol. The smallest absolute Gasteiger partial charge is 0.254 e. The standard InChI is InChI=1S/C25H33N3O3S/c1-18-8-5-6-13-27(18)14-12-26-24(29)22-19-9-3-4-10-20(19)25(30)28(15-16-31-2)23(22)21-11-7-17-32-21/h3-4,7,9-11,17-18,22-23H,5-6,8,12-16H2,1-2H3,(H,26,29). The Labute approximate surface area is 194 Å². The molecule has 32 heavy (non-hydrogen) atoms. The molecule has 0 aliphatic carbocycles. The second-order valence-corrected chi connectivity index (χ2v) is 9.67. The van der Waals surface area contributed by atoms with E-state index in [1.54, 1.807) is 18.4 Å². The van der Waals surface area contributed by atoms with E-state index in [1.165, 1.54) is 19.3 Å². The van der Waals surface area contributed by atoms with Gasteiger partial charge in [0, 0.05) is 43.2 Å². The van der Waals surface area contributed by atoms with Gasteiger partial charge in [0.1, 0.15) is 0 Å². The fourth-order valence-electron chi connectivity index (χ4n) is 5.01. The number of methoxy groups -OCH3 is 1. The summed E-state index contributed by atoms with van der Waals surface area (Å²) in [6.07, 6.45) is 3.74. The van der Waals surface area contributed by atoms with Crippen LogP contribution in [-0.2, 0) is 9.53 Å². The highest BCUT2D eigenvalue weighted by molar-refractivity contribution is 7.10. The molecular weight excluding hydrogens is 422 g/mol. The van der Waals surface area contributed by atoms with E-state index in [0.717, 1.165) is 23.5 Å². The number of fused-ring (bicyclic) bond motifs is 1. The van der Waals surface area contributed by atoms with Crippen LogP contribution in [0.25, 0.3) is 0 Å². The highest BCUT2D eigenvalue weighted by Gasteiger charge is 2.44. The Hall–Kier alpha value is -2.22. The van der Waals surface area contributed by atoms with Crippen LogP contribution in [0.1, 0.15) is 58.9 Å². The van der Waals surface area contributed by atoms with Crippen LogP contribution in [0.2, 0.25) is 0 Å². The monoisotopic (exact) mass is 455 g/mol. The van der Waals surface area contributed by atoms with Crippen molar-refractivity contribution >= 4 is 23.2 Å². The molecule has 1 aromatic heterocycles. The molecule has 7 heteroatoms. The van der Waals surface area contributed by atoms with Crippen LogP contribution >= 0.6 is 11.3 Å². The minimum Gasteiger partial charge on any atom is -0.383 e. The molecule has 0 bridgehead atoms. The number of hydrogen-bond acceptors (Lipinski definition) is 5. The van der Waals surface area contributed by atoms with Crippen molar-refractivity contribution in [2.45, 2.75) is 44.2 Å². The van der Waals surface area contributed by atoms with E-state index in [4.69, 9.17) is 4.74 Å². The number of nitrogens with zero attached hydrogens (tertiary/aromatic N) is 2. The molecule has 172 valence electrons. The van der Waals surface area contributed by atoms with E-state index in [2.05, 4.69) is 17.1 Å². The fourth-order valence-corrected chi connectivity index (χ4v) is 5.88. The van der Waals surface area contributed by atoms with E-state index in [0.29, 0.717) is 31.3 Å². The number of thiophene rings is 1. The topological polar surface area (TPSA) is 61.9 Å². The maximum Gasteiger partial charge on any atom is 0.254 e. The molecule has 1 N–H and O–H groups in total. The highest BCUT2D eigenvalue weighted by atomic mass is 32.1. The lowest BCUT2D eigenvalue weighted by Crippen LogP contribution is -2.49. The summed E-state index contributed by atoms with van der Waals surface area (Å²) in [5.41, 5.74) is 1.43. The molecule has 4 rings (SSSR count). The molecule has 2 aliphatic heterocycles. The van der Waals surface area contributed by atoms with Crippen molar-refractivity contribution in [3.05, 3.63) is 57.8 Å². The van der Waals surface area contributed by atoms with Gasteiger partial charge in [-0.15, -0.1) is 11.3 Å². The maximum atomic E-state index is 13.6. The van der Waals surface area contributed by atoms with Crippen molar-refractivity contribution in [2.75, 3.05) is 39.9 Å².